The van der Waals surface area contributed by atoms with Crippen molar-refractivity contribution in [3.05, 3.63) is 47.6 Å². The molecule has 148 valence electrons. The molecule has 4 aliphatic rings. The first kappa shape index (κ1) is 18.3. The lowest BCUT2D eigenvalue weighted by atomic mass is 9.53. The maximum atomic E-state index is 12.5. The van der Waals surface area contributed by atoms with Crippen LogP contribution in [0.1, 0.15) is 38.5 Å². The van der Waals surface area contributed by atoms with Gasteiger partial charge in [-0.25, -0.2) is 13.4 Å². The highest BCUT2D eigenvalue weighted by Gasteiger charge is 2.51. The third-order valence-electron chi connectivity index (χ3n) is 6.57. The first-order chi connectivity index (χ1) is 13.4. The Balaban J connectivity index is 1.29. The summed E-state index contributed by atoms with van der Waals surface area (Å²) in [7, 11) is -3.66. The molecule has 4 bridgehead atoms. The molecule has 2 N–H and O–H groups in total. The van der Waals surface area contributed by atoms with Gasteiger partial charge in [-0.05, 0) is 92.7 Å². The third-order valence-corrected chi connectivity index (χ3v) is 8.22. The Hall–Kier alpha value is -1.79. The van der Waals surface area contributed by atoms with Crippen molar-refractivity contribution in [2.24, 2.45) is 17.8 Å². The van der Waals surface area contributed by atoms with E-state index < -0.39 is 10.0 Å². The van der Waals surface area contributed by atoms with Crippen molar-refractivity contribution >= 4 is 33.1 Å². The van der Waals surface area contributed by atoms with Crippen molar-refractivity contribution in [3.63, 3.8) is 0 Å². The molecule has 0 saturated heterocycles. The molecule has 4 saturated carbocycles. The Kier molecular flexibility index (Phi) is 4.32. The molecule has 4 fully saturated rings. The van der Waals surface area contributed by atoms with Crippen molar-refractivity contribution in [1.29, 1.82) is 0 Å². The molecule has 0 unspecified atom stereocenters. The molecular formula is C21H24ClN3O2S. The maximum absolute atomic E-state index is 12.5. The van der Waals surface area contributed by atoms with Crippen LogP contribution >= 0.6 is 11.6 Å². The van der Waals surface area contributed by atoms with E-state index >= 15 is 0 Å². The van der Waals surface area contributed by atoms with Crippen molar-refractivity contribution in [2.45, 2.75) is 49.0 Å². The van der Waals surface area contributed by atoms with E-state index in [0.29, 0.717) is 10.7 Å². The number of halogens is 1. The topological polar surface area (TPSA) is 71.1 Å². The van der Waals surface area contributed by atoms with Gasteiger partial charge < -0.3 is 5.32 Å². The quantitative estimate of drug-likeness (QED) is 0.724. The summed E-state index contributed by atoms with van der Waals surface area (Å²) < 4.78 is 27.6. The van der Waals surface area contributed by atoms with Crippen LogP contribution in [0.3, 0.4) is 0 Å². The summed E-state index contributed by atoms with van der Waals surface area (Å²) in [5, 5.41) is 4.21. The molecule has 2 aromatic rings. The first-order valence-electron chi connectivity index (χ1n) is 9.92. The Bertz CT molecular complexity index is 938. The second-order valence-corrected chi connectivity index (χ2v) is 10.9. The number of nitrogens with one attached hydrogen (secondary N) is 2. The zero-order valence-corrected chi connectivity index (χ0v) is 17.1. The van der Waals surface area contributed by atoms with Crippen LogP contribution < -0.4 is 10.0 Å². The number of anilines is 2. The van der Waals surface area contributed by atoms with Gasteiger partial charge in [0.05, 0.1) is 16.8 Å². The molecule has 5 nitrogen and oxygen atoms in total. The van der Waals surface area contributed by atoms with Crippen LogP contribution in [0.25, 0.3) is 0 Å². The summed E-state index contributed by atoms with van der Waals surface area (Å²) in [6.45, 7) is 0. The number of nitrogens with zero attached hydrogens (tertiary/aromatic N) is 1. The fraction of sp³-hybridized carbons (Fsp3) is 0.476. The van der Waals surface area contributed by atoms with Gasteiger partial charge in [0.2, 0.25) is 0 Å². The molecule has 28 heavy (non-hydrogen) atoms. The number of hydrogen-bond donors (Lipinski definition) is 2. The second kappa shape index (κ2) is 6.63. The van der Waals surface area contributed by atoms with Crippen molar-refractivity contribution in [3.8, 4) is 0 Å². The van der Waals surface area contributed by atoms with Crippen LogP contribution in [0.2, 0.25) is 5.02 Å². The fourth-order valence-electron chi connectivity index (χ4n) is 5.89. The lowest BCUT2D eigenvalue weighted by Crippen LogP contribution is -2.54. The van der Waals surface area contributed by atoms with E-state index in [2.05, 4.69) is 15.0 Å². The van der Waals surface area contributed by atoms with E-state index in [9.17, 15) is 8.42 Å². The van der Waals surface area contributed by atoms with Crippen LogP contribution in [0, 0.1) is 17.8 Å². The van der Waals surface area contributed by atoms with Gasteiger partial charge in [-0.1, -0.05) is 11.6 Å². The Morgan fingerprint density at radius 1 is 0.929 bits per heavy atom. The minimum Gasteiger partial charge on any atom is -0.365 e. The SMILES string of the molecule is O=S(=O)(Nc1ccc(NC23CC4CC(CC(C4)C2)C3)nc1)c1ccc(Cl)cc1. The molecule has 0 aliphatic heterocycles. The van der Waals surface area contributed by atoms with Gasteiger partial charge >= 0.3 is 0 Å². The van der Waals surface area contributed by atoms with Gasteiger partial charge in [0, 0.05) is 10.6 Å². The van der Waals surface area contributed by atoms with E-state index in [-0.39, 0.29) is 10.4 Å². The molecule has 0 amide bonds. The van der Waals surface area contributed by atoms with Gasteiger partial charge in [0.1, 0.15) is 5.82 Å². The van der Waals surface area contributed by atoms with Gasteiger partial charge in [-0.2, -0.15) is 0 Å². The summed E-state index contributed by atoms with van der Waals surface area (Å²) in [6, 6.07) is 9.74. The number of pyridine rings is 1. The second-order valence-electron chi connectivity index (χ2n) is 8.81. The van der Waals surface area contributed by atoms with Gasteiger partial charge in [-0.15, -0.1) is 0 Å². The zero-order chi connectivity index (χ0) is 19.4. The normalized spacial score (nSPS) is 31.0. The van der Waals surface area contributed by atoms with E-state index in [0.717, 1.165) is 23.6 Å². The van der Waals surface area contributed by atoms with Crippen molar-refractivity contribution < 1.29 is 8.42 Å². The summed E-state index contributed by atoms with van der Waals surface area (Å²) >= 11 is 5.84. The highest BCUT2D eigenvalue weighted by molar-refractivity contribution is 7.92. The Morgan fingerprint density at radius 3 is 2.07 bits per heavy atom. The minimum absolute atomic E-state index is 0.174. The molecule has 7 heteroatoms. The summed E-state index contributed by atoms with van der Waals surface area (Å²) in [5.41, 5.74) is 0.637. The average Bonchev–Trinajstić information content (AvgIpc) is 2.62. The monoisotopic (exact) mass is 417 g/mol. The van der Waals surface area contributed by atoms with Crippen molar-refractivity contribution in [1.82, 2.24) is 4.98 Å². The molecule has 1 heterocycles. The Labute approximate surface area is 171 Å². The molecule has 4 aliphatic carbocycles. The molecule has 0 radical (unpaired) electrons. The number of rotatable bonds is 5. The highest BCUT2D eigenvalue weighted by Crippen LogP contribution is 2.56. The van der Waals surface area contributed by atoms with E-state index in [1.165, 1.54) is 50.7 Å². The summed E-state index contributed by atoms with van der Waals surface area (Å²) in [5.74, 6) is 3.43. The van der Waals surface area contributed by atoms with Gasteiger partial charge in [0.25, 0.3) is 10.0 Å². The maximum Gasteiger partial charge on any atom is 0.261 e. The molecular weight excluding hydrogens is 394 g/mol. The number of sulfonamides is 1. The number of hydrogen-bond acceptors (Lipinski definition) is 4. The Morgan fingerprint density at radius 2 is 1.54 bits per heavy atom. The zero-order valence-electron chi connectivity index (χ0n) is 15.6. The van der Waals surface area contributed by atoms with E-state index in [1.807, 2.05) is 6.07 Å². The van der Waals surface area contributed by atoms with Crippen LogP contribution in [-0.2, 0) is 10.0 Å². The van der Waals surface area contributed by atoms with Gasteiger partial charge in [0.15, 0.2) is 0 Å². The third kappa shape index (κ3) is 3.48. The number of aromatic nitrogens is 1. The van der Waals surface area contributed by atoms with Crippen LogP contribution in [0.4, 0.5) is 11.5 Å². The average molecular weight is 418 g/mol. The molecule has 0 spiro atoms. The largest absolute Gasteiger partial charge is 0.365 e. The van der Waals surface area contributed by atoms with Gasteiger partial charge in [-0.3, -0.25) is 4.72 Å². The summed E-state index contributed by atoms with van der Waals surface area (Å²) in [6.07, 6.45) is 9.51. The number of benzene rings is 1. The van der Waals surface area contributed by atoms with Crippen LogP contribution in [0.5, 0.6) is 0 Å². The molecule has 1 aromatic heterocycles. The van der Waals surface area contributed by atoms with Crippen molar-refractivity contribution in [2.75, 3.05) is 10.0 Å². The lowest BCUT2D eigenvalue weighted by molar-refractivity contribution is 0.0105. The van der Waals surface area contributed by atoms with Crippen LogP contribution in [0.15, 0.2) is 47.5 Å². The summed E-state index contributed by atoms with van der Waals surface area (Å²) in [4.78, 5) is 4.66. The fourth-order valence-corrected chi connectivity index (χ4v) is 7.06. The van der Waals surface area contributed by atoms with E-state index in [4.69, 9.17) is 11.6 Å². The molecule has 1 aromatic carbocycles. The minimum atomic E-state index is -3.66. The first-order valence-corrected chi connectivity index (χ1v) is 11.8. The highest BCUT2D eigenvalue weighted by atomic mass is 35.5. The smallest absolute Gasteiger partial charge is 0.261 e. The lowest BCUT2D eigenvalue weighted by Gasteiger charge is -2.57. The molecule has 6 rings (SSSR count). The standard InChI is InChI=1S/C21H24ClN3O2S/c22-17-1-4-19(5-2-17)28(26,27)25-18-3-6-20(23-13-18)24-21-10-14-7-15(11-21)9-16(8-14)12-21/h1-6,13-16,25H,7-12H2,(H,23,24). The predicted octanol–water partition coefficient (Wildman–Crippen LogP) is 4.92. The van der Waals surface area contributed by atoms with Crippen LogP contribution in [-0.4, -0.2) is 18.9 Å². The van der Waals surface area contributed by atoms with E-state index in [1.54, 1.807) is 24.4 Å². The predicted molar refractivity (Wildman–Crippen MR) is 111 cm³/mol. The molecule has 0 atom stereocenters.